The fraction of sp³-hybridized carbons (Fsp3) is 0.667. The molecule has 0 radical (unpaired) electrons. The number of hydrogen-bond acceptors (Lipinski definition) is 2. The highest BCUT2D eigenvalue weighted by atomic mass is 19.4. The van der Waals surface area contributed by atoms with Crippen molar-refractivity contribution in [3.8, 4) is 0 Å². The average molecular weight is 400 g/mol. The Kier molecular flexibility index (Phi) is 7.75. The molecule has 1 aromatic rings. The molecule has 1 atom stereocenters. The molecule has 1 fully saturated rings. The van der Waals surface area contributed by atoms with Gasteiger partial charge in [0.15, 0.2) is 0 Å². The molecule has 1 aromatic carbocycles. The van der Waals surface area contributed by atoms with Gasteiger partial charge in [-0.1, -0.05) is 19.1 Å². The lowest BCUT2D eigenvalue weighted by atomic mass is 9.95. The van der Waals surface area contributed by atoms with Crippen molar-refractivity contribution in [2.45, 2.75) is 45.3 Å². The highest BCUT2D eigenvalue weighted by Crippen LogP contribution is 2.29. The molecule has 1 saturated heterocycles. The summed E-state index contributed by atoms with van der Waals surface area (Å²) in [6, 6.07) is 5.81. The third-order valence-corrected chi connectivity index (χ3v) is 5.60. The van der Waals surface area contributed by atoms with Crippen LogP contribution in [0.25, 0.3) is 0 Å². The molecule has 0 saturated carbocycles. The van der Waals surface area contributed by atoms with E-state index in [1.807, 2.05) is 4.90 Å². The predicted octanol–water partition coefficient (Wildman–Crippen LogP) is 4.35. The molecule has 0 N–H and O–H groups in total. The van der Waals surface area contributed by atoms with E-state index in [2.05, 4.69) is 18.7 Å². The Morgan fingerprint density at radius 2 is 1.75 bits per heavy atom. The molecule has 2 amide bonds. The molecule has 1 unspecified atom stereocenters. The molecule has 1 aliphatic heterocycles. The van der Waals surface area contributed by atoms with Gasteiger partial charge in [0.1, 0.15) is 0 Å². The summed E-state index contributed by atoms with van der Waals surface area (Å²) >= 11 is 0. The third-order valence-electron chi connectivity index (χ3n) is 5.60. The molecule has 0 spiro atoms. The Balaban J connectivity index is 1.87. The number of halogens is 3. The molecule has 0 aliphatic carbocycles. The van der Waals surface area contributed by atoms with Gasteiger partial charge in [-0.25, -0.2) is 4.79 Å². The van der Waals surface area contributed by atoms with Crippen LogP contribution in [0.4, 0.5) is 18.0 Å². The van der Waals surface area contributed by atoms with E-state index in [1.165, 1.54) is 0 Å². The molecule has 4 nitrogen and oxygen atoms in total. The maximum absolute atomic E-state index is 12.7. The molecule has 1 heterocycles. The lowest BCUT2D eigenvalue weighted by Gasteiger charge is -2.37. The van der Waals surface area contributed by atoms with Gasteiger partial charge in [0.2, 0.25) is 0 Å². The summed E-state index contributed by atoms with van der Waals surface area (Å²) in [5, 5.41) is 0. The van der Waals surface area contributed by atoms with Crippen molar-refractivity contribution in [2.24, 2.45) is 5.92 Å². The average Bonchev–Trinajstić information content (AvgIpc) is 2.65. The summed E-state index contributed by atoms with van der Waals surface area (Å²) in [5.74, 6) is 0.543. The SMILES string of the molecule is CCN(CC1CCN(C(=O)N(C)C)CC1)C(C)Cc1ccc(C(F)(F)F)cc1. The zero-order valence-corrected chi connectivity index (χ0v) is 17.3. The van der Waals surface area contributed by atoms with Gasteiger partial charge in [0, 0.05) is 39.8 Å². The van der Waals surface area contributed by atoms with E-state index in [1.54, 1.807) is 31.1 Å². The Morgan fingerprint density at radius 1 is 1.18 bits per heavy atom. The number of likely N-dealkylation sites (N-methyl/N-ethyl adjacent to an activating group) is 1. The number of hydrogen-bond donors (Lipinski definition) is 0. The number of urea groups is 1. The van der Waals surface area contributed by atoms with E-state index in [0.29, 0.717) is 5.92 Å². The Bertz CT molecular complexity index is 623. The normalized spacial score (nSPS) is 17.1. The number of piperidine rings is 1. The first-order valence-electron chi connectivity index (χ1n) is 9.98. The van der Waals surface area contributed by atoms with Crippen LogP contribution in [0.2, 0.25) is 0 Å². The smallest absolute Gasteiger partial charge is 0.331 e. The van der Waals surface area contributed by atoms with E-state index in [-0.39, 0.29) is 12.1 Å². The van der Waals surface area contributed by atoms with Crippen LogP contribution in [0.15, 0.2) is 24.3 Å². The van der Waals surface area contributed by atoms with Gasteiger partial charge in [-0.2, -0.15) is 13.2 Å². The van der Waals surface area contributed by atoms with Gasteiger partial charge in [-0.3, -0.25) is 0 Å². The van der Waals surface area contributed by atoms with E-state index in [9.17, 15) is 18.0 Å². The van der Waals surface area contributed by atoms with Crippen LogP contribution in [-0.4, -0.2) is 67.0 Å². The maximum Gasteiger partial charge on any atom is 0.416 e. The van der Waals surface area contributed by atoms with Crippen molar-refractivity contribution in [1.29, 1.82) is 0 Å². The van der Waals surface area contributed by atoms with Gasteiger partial charge in [0.05, 0.1) is 5.56 Å². The second-order valence-electron chi connectivity index (χ2n) is 7.94. The summed E-state index contributed by atoms with van der Waals surface area (Å²) in [5.41, 5.74) is 0.320. The number of carbonyl (C=O) groups is 1. The van der Waals surface area contributed by atoms with Crippen LogP contribution in [0.5, 0.6) is 0 Å². The fourth-order valence-corrected chi connectivity index (χ4v) is 3.84. The summed E-state index contributed by atoms with van der Waals surface area (Å²) in [4.78, 5) is 18.0. The minimum atomic E-state index is -4.29. The first-order valence-corrected chi connectivity index (χ1v) is 9.98. The topological polar surface area (TPSA) is 26.8 Å². The number of benzene rings is 1. The highest BCUT2D eigenvalue weighted by Gasteiger charge is 2.30. The predicted molar refractivity (Wildman–Crippen MR) is 105 cm³/mol. The maximum atomic E-state index is 12.7. The van der Waals surface area contributed by atoms with Crippen LogP contribution >= 0.6 is 0 Å². The van der Waals surface area contributed by atoms with Gasteiger partial charge < -0.3 is 14.7 Å². The van der Waals surface area contributed by atoms with Crippen LogP contribution in [0.1, 0.15) is 37.8 Å². The molecular formula is C21H32F3N3O. The van der Waals surface area contributed by atoms with Crippen LogP contribution in [0, 0.1) is 5.92 Å². The van der Waals surface area contributed by atoms with Gasteiger partial charge in [0.25, 0.3) is 0 Å². The van der Waals surface area contributed by atoms with Crippen molar-refractivity contribution < 1.29 is 18.0 Å². The summed E-state index contributed by atoms with van der Waals surface area (Å²) in [6.45, 7) is 7.68. The van der Waals surface area contributed by atoms with Gasteiger partial charge >= 0.3 is 12.2 Å². The van der Waals surface area contributed by atoms with Crippen LogP contribution < -0.4 is 0 Å². The monoisotopic (exact) mass is 399 g/mol. The van der Waals surface area contributed by atoms with Crippen molar-refractivity contribution in [3.63, 3.8) is 0 Å². The Hall–Kier alpha value is -1.76. The second-order valence-corrected chi connectivity index (χ2v) is 7.94. The Morgan fingerprint density at radius 3 is 2.21 bits per heavy atom. The molecular weight excluding hydrogens is 367 g/mol. The zero-order valence-electron chi connectivity index (χ0n) is 17.3. The molecule has 0 aromatic heterocycles. The Labute approximate surface area is 166 Å². The number of nitrogens with zero attached hydrogens (tertiary/aromatic N) is 3. The van der Waals surface area contributed by atoms with Crippen molar-refractivity contribution >= 4 is 6.03 Å². The molecule has 158 valence electrons. The minimum absolute atomic E-state index is 0.0708. The zero-order chi connectivity index (χ0) is 20.9. The number of amides is 2. The van der Waals surface area contributed by atoms with Crippen molar-refractivity contribution in [2.75, 3.05) is 40.3 Å². The van der Waals surface area contributed by atoms with E-state index >= 15 is 0 Å². The minimum Gasteiger partial charge on any atom is -0.331 e. The first kappa shape index (κ1) is 22.5. The summed E-state index contributed by atoms with van der Waals surface area (Å²) < 4.78 is 38.1. The van der Waals surface area contributed by atoms with Crippen molar-refractivity contribution in [1.82, 2.24) is 14.7 Å². The summed E-state index contributed by atoms with van der Waals surface area (Å²) in [7, 11) is 3.55. The quantitative estimate of drug-likeness (QED) is 0.711. The van der Waals surface area contributed by atoms with E-state index < -0.39 is 11.7 Å². The number of carbonyl (C=O) groups excluding carboxylic acids is 1. The summed E-state index contributed by atoms with van der Waals surface area (Å²) in [6.07, 6.45) is -1.58. The van der Waals surface area contributed by atoms with Crippen molar-refractivity contribution in [3.05, 3.63) is 35.4 Å². The van der Waals surface area contributed by atoms with E-state index in [0.717, 1.165) is 63.1 Å². The standard InChI is InChI=1S/C21H32F3N3O/c1-5-26(15-18-10-12-27(13-11-18)20(28)25(3)4)16(2)14-17-6-8-19(9-7-17)21(22,23)24/h6-9,16,18H,5,10-15H2,1-4H3. The number of rotatable bonds is 6. The lowest BCUT2D eigenvalue weighted by Crippen LogP contribution is -2.46. The third kappa shape index (κ3) is 6.12. The first-order chi connectivity index (χ1) is 13.1. The highest BCUT2D eigenvalue weighted by molar-refractivity contribution is 5.73. The van der Waals surface area contributed by atoms with Gasteiger partial charge in [-0.15, -0.1) is 0 Å². The van der Waals surface area contributed by atoms with Crippen LogP contribution in [0.3, 0.4) is 0 Å². The lowest BCUT2D eigenvalue weighted by molar-refractivity contribution is -0.137. The molecule has 7 heteroatoms. The van der Waals surface area contributed by atoms with E-state index in [4.69, 9.17) is 0 Å². The molecule has 2 rings (SSSR count). The second kappa shape index (κ2) is 9.63. The van der Waals surface area contributed by atoms with Gasteiger partial charge in [-0.05, 0) is 56.3 Å². The number of alkyl halides is 3. The van der Waals surface area contributed by atoms with Crippen LogP contribution in [-0.2, 0) is 12.6 Å². The molecule has 0 bridgehead atoms. The fourth-order valence-electron chi connectivity index (χ4n) is 3.84. The largest absolute Gasteiger partial charge is 0.416 e. The molecule has 28 heavy (non-hydrogen) atoms. The molecule has 1 aliphatic rings. The number of likely N-dealkylation sites (tertiary alicyclic amines) is 1.